The molecule has 0 amide bonds. The lowest BCUT2D eigenvalue weighted by Crippen LogP contribution is -2.32. The van der Waals surface area contributed by atoms with Gasteiger partial charge in [-0.1, -0.05) is 0 Å². The number of thiazole rings is 1. The molecule has 1 atom stereocenters. The van der Waals surface area contributed by atoms with E-state index in [1.807, 2.05) is 11.7 Å². The Balaban J connectivity index is 0.000000980. The van der Waals surface area contributed by atoms with Gasteiger partial charge in [-0.2, -0.15) is 0 Å². The van der Waals surface area contributed by atoms with Crippen molar-refractivity contribution in [3.8, 4) is 0 Å². The number of hydrogen-bond acceptors (Lipinski definition) is 4. The number of hydrogen-bond donors (Lipinski definition) is 1. The minimum absolute atomic E-state index is 0. The monoisotopic (exact) mass is 233 g/mol. The molecule has 0 aliphatic carbocycles. The smallest absolute Gasteiger partial charge is 0.0794 e. The molecule has 2 heterocycles. The lowest BCUT2D eigenvalue weighted by Gasteiger charge is -2.22. The first-order valence-corrected chi connectivity index (χ1v) is 5.52. The topological polar surface area (TPSA) is 28.2 Å². The summed E-state index contributed by atoms with van der Waals surface area (Å²) < 4.78 is 0. The summed E-state index contributed by atoms with van der Waals surface area (Å²) in [7, 11) is 2.19. The molecule has 0 unspecified atom stereocenters. The number of nitrogens with one attached hydrogen (secondary N) is 1. The quantitative estimate of drug-likeness (QED) is 0.855. The molecule has 0 spiro atoms. The highest BCUT2D eigenvalue weighted by Gasteiger charge is 2.19. The van der Waals surface area contributed by atoms with E-state index in [-0.39, 0.29) is 12.4 Å². The van der Waals surface area contributed by atoms with Gasteiger partial charge < -0.3 is 5.32 Å². The van der Waals surface area contributed by atoms with E-state index in [2.05, 4.69) is 22.2 Å². The highest BCUT2D eigenvalue weighted by molar-refractivity contribution is 7.09. The van der Waals surface area contributed by atoms with Gasteiger partial charge in [0.1, 0.15) is 0 Å². The van der Waals surface area contributed by atoms with Gasteiger partial charge in [-0.25, -0.2) is 0 Å². The second kappa shape index (κ2) is 5.66. The molecule has 1 aromatic rings. The maximum Gasteiger partial charge on any atom is 0.0794 e. The standard InChI is InChI=1S/C9H15N3S.ClH/c1-12(8-2-3-10-4-8)6-9-5-11-7-13-9;/h5,7-8,10H,2-4,6H2,1H3;1H/t8-;/m1./s1. The molecule has 80 valence electrons. The van der Waals surface area contributed by atoms with Gasteiger partial charge in [-0.15, -0.1) is 23.7 Å². The fraction of sp³-hybridized carbons (Fsp3) is 0.667. The van der Waals surface area contributed by atoms with Crippen molar-refractivity contribution < 1.29 is 0 Å². The summed E-state index contributed by atoms with van der Waals surface area (Å²) in [6.07, 6.45) is 3.23. The first kappa shape index (κ1) is 11.9. The average Bonchev–Trinajstić information content (AvgIpc) is 2.74. The molecule has 1 saturated heterocycles. The van der Waals surface area contributed by atoms with Crippen LogP contribution in [0.25, 0.3) is 0 Å². The van der Waals surface area contributed by atoms with Crippen molar-refractivity contribution in [2.75, 3.05) is 20.1 Å². The number of aromatic nitrogens is 1. The second-order valence-electron chi connectivity index (χ2n) is 3.53. The molecular formula is C9H16ClN3S. The highest BCUT2D eigenvalue weighted by atomic mass is 35.5. The number of rotatable bonds is 3. The Morgan fingerprint density at radius 3 is 3.14 bits per heavy atom. The summed E-state index contributed by atoms with van der Waals surface area (Å²) in [5, 5.41) is 3.38. The second-order valence-corrected chi connectivity index (χ2v) is 4.50. The van der Waals surface area contributed by atoms with Crippen molar-refractivity contribution >= 4 is 23.7 Å². The van der Waals surface area contributed by atoms with Gasteiger partial charge in [0.25, 0.3) is 0 Å². The summed E-state index contributed by atoms with van der Waals surface area (Å²) in [4.78, 5) is 7.84. The van der Waals surface area contributed by atoms with E-state index >= 15 is 0 Å². The molecule has 0 aromatic carbocycles. The summed E-state index contributed by atoms with van der Waals surface area (Å²) in [5.41, 5.74) is 1.90. The third-order valence-electron chi connectivity index (χ3n) is 2.55. The van der Waals surface area contributed by atoms with Gasteiger partial charge in [-0.3, -0.25) is 9.88 Å². The predicted molar refractivity (Wildman–Crippen MR) is 62.1 cm³/mol. The van der Waals surface area contributed by atoms with Crippen molar-refractivity contribution in [2.24, 2.45) is 0 Å². The van der Waals surface area contributed by atoms with Crippen LogP contribution in [0.2, 0.25) is 0 Å². The first-order valence-electron chi connectivity index (χ1n) is 4.64. The molecule has 1 fully saturated rings. The Morgan fingerprint density at radius 1 is 1.71 bits per heavy atom. The van der Waals surface area contributed by atoms with Crippen LogP contribution in [0.15, 0.2) is 11.7 Å². The molecule has 1 N–H and O–H groups in total. The Morgan fingerprint density at radius 2 is 2.57 bits per heavy atom. The molecule has 0 bridgehead atoms. The lowest BCUT2D eigenvalue weighted by molar-refractivity contribution is 0.251. The van der Waals surface area contributed by atoms with Gasteiger partial charge >= 0.3 is 0 Å². The Labute approximate surface area is 94.9 Å². The minimum atomic E-state index is 0. The zero-order valence-corrected chi connectivity index (χ0v) is 9.90. The van der Waals surface area contributed by atoms with Crippen molar-refractivity contribution in [3.63, 3.8) is 0 Å². The predicted octanol–water partition coefficient (Wildman–Crippen LogP) is 1.36. The lowest BCUT2D eigenvalue weighted by atomic mass is 10.2. The maximum absolute atomic E-state index is 4.08. The Bertz CT molecular complexity index is 247. The van der Waals surface area contributed by atoms with Gasteiger partial charge in [0.05, 0.1) is 5.51 Å². The first-order chi connectivity index (χ1) is 6.36. The van der Waals surface area contributed by atoms with E-state index in [0.29, 0.717) is 6.04 Å². The number of halogens is 1. The minimum Gasteiger partial charge on any atom is -0.315 e. The van der Waals surface area contributed by atoms with Gasteiger partial charge in [0, 0.05) is 30.2 Å². The SMILES string of the molecule is CN(Cc1cncs1)[C@@H]1CCNC1.Cl. The molecule has 1 aliphatic rings. The molecule has 0 saturated carbocycles. The van der Waals surface area contributed by atoms with Crippen LogP contribution in [-0.2, 0) is 6.54 Å². The van der Waals surface area contributed by atoms with E-state index in [9.17, 15) is 0 Å². The number of likely N-dealkylation sites (N-methyl/N-ethyl adjacent to an activating group) is 1. The van der Waals surface area contributed by atoms with Crippen LogP contribution in [-0.4, -0.2) is 36.1 Å². The van der Waals surface area contributed by atoms with Crippen LogP contribution in [0.4, 0.5) is 0 Å². The molecule has 2 rings (SSSR count). The third-order valence-corrected chi connectivity index (χ3v) is 3.31. The highest BCUT2D eigenvalue weighted by Crippen LogP contribution is 2.13. The number of nitrogens with zero attached hydrogens (tertiary/aromatic N) is 2. The largest absolute Gasteiger partial charge is 0.315 e. The zero-order chi connectivity index (χ0) is 9.10. The van der Waals surface area contributed by atoms with Crippen LogP contribution in [0, 0.1) is 0 Å². The van der Waals surface area contributed by atoms with E-state index in [4.69, 9.17) is 0 Å². The fourth-order valence-electron chi connectivity index (χ4n) is 1.71. The molecule has 1 aromatic heterocycles. The molecule has 14 heavy (non-hydrogen) atoms. The van der Waals surface area contributed by atoms with E-state index in [1.165, 1.54) is 11.3 Å². The average molecular weight is 234 g/mol. The van der Waals surface area contributed by atoms with Crippen LogP contribution in [0.1, 0.15) is 11.3 Å². The van der Waals surface area contributed by atoms with Crippen LogP contribution < -0.4 is 5.32 Å². The van der Waals surface area contributed by atoms with Gasteiger partial charge in [0.15, 0.2) is 0 Å². The fourth-order valence-corrected chi connectivity index (χ4v) is 2.37. The summed E-state index contributed by atoms with van der Waals surface area (Å²) in [5.74, 6) is 0. The van der Waals surface area contributed by atoms with Gasteiger partial charge in [0.2, 0.25) is 0 Å². The molecule has 1 aliphatic heterocycles. The van der Waals surface area contributed by atoms with Crippen LogP contribution >= 0.6 is 23.7 Å². The van der Waals surface area contributed by atoms with E-state index in [0.717, 1.165) is 19.6 Å². The van der Waals surface area contributed by atoms with E-state index in [1.54, 1.807) is 11.3 Å². The molecule has 5 heteroatoms. The van der Waals surface area contributed by atoms with Crippen molar-refractivity contribution in [3.05, 3.63) is 16.6 Å². The molecule has 0 radical (unpaired) electrons. The summed E-state index contributed by atoms with van der Waals surface area (Å²) in [6.45, 7) is 3.34. The zero-order valence-electron chi connectivity index (χ0n) is 8.27. The maximum atomic E-state index is 4.08. The Kier molecular flexibility index (Phi) is 4.81. The Hall–Kier alpha value is -0.160. The van der Waals surface area contributed by atoms with Crippen molar-refractivity contribution in [1.29, 1.82) is 0 Å². The summed E-state index contributed by atoms with van der Waals surface area (Å²) >= 11 is 1.74. The van der Waals surface area contributed by atoms with Crippen molar-refractivity contribution in [2.45, 2.75) is 19.0 Å². The third kappa shape index (κ3) is 2.92. The van der Waals surface area contributed by atoms with Gasteiger partial charge in [-0.05, 0) is 20.0 Å². The summed E-state index contributed by atoms with van der Waals surface area (Å²) in [6, 6.07) is 0.710. The molecule has 3 nitrogen and oxygen atoms in total. The van der Waals surface area contributed by atoms with Crippen molar-refractivity contribution in [1.82, 2.24) is 15.2 Å². The van der Waals surface area contributed by atoms with Crippen LogP contribution in [0.5, 0.6) is 0 Å². The molecular weight excluding hydrogens is 218 g/mol. The van der Waals surface area contributed by atoms with Crippen LogP contribution in [0.3, 0.4) is 0 Å². The normalized spacial score (nSPS) is 21.1. The van der Waals surface area contributed by atoms with E-state index < -0.39 is 0 Å².